The van der Waals surface area contributed by atoms with Crippen LogP contribution in [-0.2, 0) is 11.3 Å². The van der Waals surface area contributed by atoms with E-state index in [9.17, 15) is 14.9 Å². The third-order valence-corrected chi connectivity index (χ3v) is 3.60. The third kappa shape index (κ3) is 4.51. The first-order chi connectivity index (χ1) is 12.9. The zero-order valence-corrected chi connectivity index (χ0v) is 14.8. The number of nitro benzene ring substituents is 1. The number of carbonyl (C=O) groups is 1. The molecule has 0 aliphatic carbocycles. The Balaban J connectivity index is 1.79. The van der Waals surface area contributed by atoms with Crippen LogP contribution in [0.4, 0.5) is 5.69 Å². The second kappa shape index (κ2) is 7.73. The van der Waals surface area contributed by atoms with Crippen LogP contribution in [0.1, 0.15) is 29.8 Å². The van der Waals surface area contributed by atoms with Crippen molar-refractivity contribution in [3.8, 4) is 11.4 Å². The topological polar surface area (TPSA) is 113 Å². The van der Waals surface area contributed by atoms with E-state index in [0.717, 1.165) is 0 Å². The van der Waals surface area contributed by atoms with Crippen molar-refractivity contribution in [1.82, 2.24) is 20.2 Å². The number of nitrogens with zero attached hydrogens (tertiary/aromatic N) is 5. The maximum absolute atomic E-state index is 12.0. The molecule has 2 aromatic carbocycles. The van der Waals surface area contributed by atoms with Gasteiger partial charge in [0.15, 0.2) is 0 Å². The fourth-order valence-corrected chi connectivity index (χ4v) is 2.42. The minimum absolute atomic E-state index is 0.00389. The van der Waals surface area contributed by atoms with Crippen molar-refractivity contribution >= 4 is 11.7 Å². The third-order valence-electron chi connectivity index (χ3n) is 3.60. The Morgan fingerprint density at radius 2 is 2.00 bits per heavy atom. The molecule has 0 atom stereocenters. The fourth-order valence-electron chi connectivity index (χ4n) is 2.42. The molecule has 0 aliphatic rings. The minimum atomic E-state index is -0.453. The average molecular weight is 367 g/mol. The highest BCUT2D eigenvalue weighted by atomic mass is 16.6. The lowest BCUT2D eigenvalue weighted by Gasteiger charge is -2.08. The second-order valence-corrected chi connectivity index (χ2v) is 6.11. The van der Waals surface area contributed by atoms with Gasteiger partial charge in [-0.3, -0.25) is 10.1 Å². The Labute approximate surface area is 154 Å². The predicted octanol–water partition coefficient (Wildman–Crippen LogP) is 2.86. The molecule has 0 N–H and O–H groups in total. The van der Waals surface area contributed by atoms with Crippen LogP contribution in [0.25, 0.3) is 11.4 Å². The van der Waals surface area contributed by atoms with Gasteiger partial charge in [-0.1, -0.05) is 24.3 Å². The molecule has 0 saturated heterocycles. The van der Waals surface area contributed by atoms with Crippen LogP contribution in [0.15, 0.2) is 48.5 Å². The van der Waals surface area contributed by atoms with Crippen LogP contribution < -0.4 is 0 Å². The Hall–Kier alpha value is -3.62. The van der Waals surface area contributed by atoms with Gasteiger partial charge in [0.1, 0.15) is 0 Å². The molecule has 0 aliphatic heterocycles. The number of tetrazole rings is 1. The number of benzene rings is 2. The van der Waals surface area contributed by atoms with E-state index in [0.29, 0.717) is 22.5 Å². The molecule has 0 amide bonds. The molecular weight excluding hydrogens is 350 g/mol. The van der Waals surface area contributed by atoms with Gasteiger partial charge < -0.3 is 4.74 Å². The molecule has 1 heterocycles. The Kier molecular flexibility index (Phi) is 5.20. The summed E-state index contributed by atoms with van der Waals surface area (Å²) in [4.78, 5) is 23.8. The number of non-ortho nitro benzene ring substituents is 1. The van der Waals surface area contributed by atoms with Crippen molar-refractivity contribution in [2.24, 2.45) is 0 Å². The average Bonchev–Trinajstić information content (AvgIpc) is 3.10. The van der Waals surface area contributed by atoms with Gasteiger partial charge in [0.25, 0.3) is 5.69 Å². The van der Waals surface area contributed by atoms with E-state index >= 15 is 0 Å². The lowest BCUT2D eigenvalue weighted by Crippen LogP contribution is -2.11. The largest absolute Gasteiger partial charge is 0.459 e. The van der Waals surface area contributed by atoms with Crippen molar-refractivity contribution in [3.05, 3.63) is 69.8 Å². The molecule has 1 aromatic heterocycles. The number of hydrogen-bond donors (Lipinski definition) is 0. The summed E-state index contributed by atoms with van der Waals surface area (Å²) in [5.41, 5.74) is 1.71. The predicted molar refractivity (Wildman–Crippen MR) is 96.0 cm³/mol. The molecule has 0 bridgehead atoms. The SMILES string of the molecule is CC(C)OC(=O)c1cccc(-c2nnn(Cc3cccc([N+](=O)[O-])c3)n2)c1. The van der Waals surface area contributed by atoms with Crippen LogP contribution >= 0.6 is 0 Å². The number of rotatable bonds is 6. The molecule has 9 nitrogen and oxygen atoms in total. The van der Waals surface area contributed by atoms with Crippen LogP contribution in [0, 0.1) is 10.1 Å². The van der Waals surface area contributed by atoms with Crippen LogP contribution in [-0.4, -0.2) is 37.2 Å². The second-order valence-electron chi connectivity index (χ2n) is 6.11. The van der Waals surface area contributed by atoms with E-state index in [1.165, 1.54) is 16.9 Å². The Bertz CT molecular complexity index is 983. The van der Waals surface area contributed by atoms with Crippen molar-refractivity contribution in [2.45, 2.75) is 26.5 Å². The van der Waals surface area contributed by atoms with E-state index in [1.807, 2.05) is 0 Å². The zero-order chi connectivity index (χ0) is 19.4. The molecular formula is C18H17N5O4. The molecule has 0 unspecified atom stereocenters. The van der Waals surface area contributed by atoms with E-state index in [2.05, 4.69) is 15.4 Å². The molecule has 0 radical (unpaired) electrons. The smallest absolute Gasteiger partial charge is 0.338 e. The zero-order valence-electron chi connectivity index (χ0n) is 14.8. The van der Waals surface area contributed by atoms with Crippen molar-refractivity contribution in [3.63, 3.8) is 0 Å². The Morgan fingerprint density at radius 1 is 1.22 bits per heavy atom. The molecule has 0 spiro atoms. The van der Waals surface area contributed by atoms with E-state index in [4.69, 9.17) is 4.74 Å². The maximum Gasteiger partial charge on any atom is 0.338 e. The first kappa shape index (κ1) is 18.2. The highest BCUT2D eigenvalue weighted by Crippen LogP contribution is 2.18. The van der Waals surface area contributed by atoms with Gasteiger partial charge in [-0.2, -0.15) is 4.80 Å². The number of carbonyl (C=O) groups excluding carboxylic acids is 1. The molecule has 9 heteroatoms. The summed E-state index contributed by atoms with van der Waals surface area (Å²) >= 11 is 0. The molecule has 0 saturated carbocycles. The first-order valence-electron chi connectivity index (χ1n) is 8.25. The summed E-state index contributed by atoms with van der Waals surface area (Å²) in [5.74, 6) is -0.0736. The number of nitro groups is 1. The quantitative estimate of drug-likeness (QED) is 0.374. The van der Waals surface area contributed by atoms with Crippen molar-refractivity contribution < 1.29 is 14.5 Å². The van der Waals surface area contributed by atoms with E-state index < -0.39 is 10.9 Å². The standard InChI is InChI=1S/C18H17N5O4/c1-12(2)27-18(24)15-7-4-6-14(10-15)17-19-21-22(20-17)11-13-5-3-8-16(9-13)23(25)26/h3-10,12H,11H2,1-2H3. The first-order valence-corrected chi connectivity index (χ1v) is 8.25. The highest BCUT2D eigenvalue weighted by molar-refractivity contribution is 5.90. The van der Waals surface area contributed by atoms with E-state index in [1.54, 1.807) is 50.2 Å². The van der Waals surface area contributed by atoms with Gasteiger partial charge in [-0.05, 0) is 36.8 Å². The summed E-state index contributed by atoms with van der Waals surface area (Å²) in [7, 11) is 0. The molecule has 3 rings (SSSR count). The minimum Gasteiger partial charge on any atom is -0.459 e. The molecule has 0 fully saturated rings. The van der Waals surface area contributed by atoms with Crippen molar-refractivity contribution in [1.29, 1.82) is 0 Å². The van der Waals surface area contributed by atoms with Gasteiger partial charge in [0.05, 0.1) is 23.1 Å². The van der Waals surface area contributed by atoms with Crippen LogP contribution in [0.5, 0.6) is 0 Å². The monoisotopic (exact) mass is 367 g/mol. The van der Waals surface area contributed by atoms with Gasteiger partial charge in [-0.15, -0.1) is 10.2 Å². The van der Waals surface area contributed by atoms with Gasteiger partial charge >= 0.3 is 5.97 Å². The number of hydrogen-bond acceptors (Lipinski definition) is 7. The summed E-state index contributed by atoms with van der Waals surface area (Å²) in [6.07, 6.45) is -0.213. The summed E-state index contributed by atoms with van der Waals surface area (Å²) in [5, 5.41) is 23.1. The maximum atomic E-state index is 12.0. The summed E-state index contributed by atoms with van der Waals surface area (Å²) in [6, 6.07) is 13.0. The van der Waals surface area contributed by atoms with E-state index in [-0.39, 0.29) is 18.3 Å². The van der Waals surface area contributed by atoms with Gasteiger partial charge in [0.2, 0.25) is 5.82 Å². The number of aromatic nitrogens is 4. The lowest BCUT2D eigenvalue weighted by atomic mass is 10.1. The fraction of sp³-hybridized carbons (Fsp3) is 0.222. The van der Waals surface area contributed by atoms with Crippen LogP contribution in [0.2, 0.25) is 0 Å². The lowest BCUT2D eigenvalue weighted by molar-refractivity contribution is -0.384. The Morgan fingerprint density at radius 3 is 2.74 bits per heavy atom. The highest BCUT2D eigenvalue weighted by Gasteiger charge is 2.13. The summed E-state index contributed by atoms with van der Waals surface area (Å²) < 4.78 is 5.19. The number of ether oxygens (including phenoxy) is 1. The molecule has 27 heavy (non-hydrogen) atoms. The number of esters is 1. The van der Waals surface area contributed by atoms with Crippen molar-refractivity contribution in [2.75, 3.05) is 0 Å². The van der Waals surface area contributed by atoms with Gasteiger partial charge in [0, 0.05) is 17.7 Å². The van der Waals surface area contributed by atoms with Gasteiger partial charge in [-0.25, -0.2) is 4.79 Å². The molecule has 3 aromatic rings. The normalized spacial score (nSPS) is 10.8. The van der Waals surface area contributed by atoms with Crippen LogP contribution in [0.3, 0.4) is 0 Å². The summed E-state index contributed by atoms with van der Waals surface area (Å²) in [6.45, 7) is 3.80. The molecule has 138 valence electrons.